The van der Waals surface area contributed by atoms with Gasteiger partial charge < -0.3 is 14.7 Å². The Hall–Kier alpha value is -2.84. The molecule has 0 radical (unpaired) electrons. The summed E-state index contributed by atoms with van der Waals surface area (Å²) in [6, 6.07) is 5.26. The number of anilines is 1. The molecule has 1 aromatic heterocycles. The third-order valence-corrected chi connectivity index (χ3v) is 4.00. The Kier molecular flexibility index (Phi) is 4.71. The maximum atomic E-state index is 14.1. The van der Waals surface area contributed by atoms with Crippen molar-refractivity contribution in [3.8, 4) is 5.75 Å². The number of pyridine rings is 1. The van der Waals surface area contributed by atoms with Gasteiger partial charge in [-0.25, -0.2) is 14.2 Å². The molecule has 26 heavy (non-hydrogen) atoms. The zero-order valence-corrected chi connectivity index (χ0v) is 13.3. The van der Waals surface area contributed by atoms with Crippen molar-refractivity contribution in [2.75, 3.05) is 18.0 Å². The van der Waals surface area contributed by atoms with Crippen LogP contribution in [0.25, 0.3) is 0 Å². The maximum absolute atomic E-state index is 14.1. The molecule has 2 aromatic rings. The predicted molar refractivity (Wildman–Crippen MR) is 83.8 cm³/mol. The average molecular weight is 370 g/mol. The molecule has 5 nitrogen and oxygen atoms in total. The Morgan fingerprint density at radius 2 is 1.96 bits per heavy atom. The molecular formula is C17H14F4N2O3. The first-order valence-electron chi connectivity index (χ1n) is 7.72. The van der Waals surface area contributed by atoms with Crippen LogP contribution in [-0.4, -0.2) is 35.3 Å². The fraction of sp³-hybridized carbons (Fsp3) is 0.294. The molecule has 0 saturated carbocycles. The highest BCUT2D eigenvalue weighted by Gasteiger charge is 2.31. The number of nitrogens with zero attached hydrogens (tertiary/aromatic N) is 2. The molecular weight excluding hydrogens is 356 g/mol. The number of rotatable bonds is 4. The van der Waals surface area contributed by atoms with Crippen LogP contribution in [-0.2, 0) is 6.18 Å². The Labute approximate surface area is 145 Å². The first kappa shape index (κ1) is 18.0. The Balaban J connectivity index is 1.65. The standard InChI is InChI=1S/C17H14F4N2O3/c18-14-7-10(16(24)25)8-22-15(14)23-6-5-13(9-23)26-12-3-1-11(2-4-12)17(19,20)21/h1-4,7-8,13H,5-6,9H2,(H,24,25). The van der Waals surface area contributed by atoms with Gasteiger partial charge in [-0.2, -0.15) is 13.2 Å². The van der Waals surface area contributed by atoms with E-state index in [1.54, 1.807) is 4.90 Å². The summed E-state index contributed by atoms with van der Waals surface area (Å²) in [6.45, 7) is 0.721. The van der Waals surface area contributed by atoms with Gasteiger partial charge in [-0.15, -0.1) is 0 Å². The molecule has 138 valence electrons. The first-order chi connectivity index (χ1) is 12.2. The highest BCUT2D eigenvalue weighted by molar-refractivity contribution is 5.87. The molecule has 1 aliphatic heterocycles. The van der Waals surface area contributed by atoms with Gasteiger partial charge in [0.05, 0.1) is 17.7 Å². The summed E-state index contributed by atoms with van der Waals surface area (Å²) < 4.78 is 57.4. The maximum Gasteiger partial charge on any atom is 0.416 e. The molecule has 1 saturated heterocycles. The van der Waals surface area contributed by atoms with Gasteiger partial charge in [0, 0.05) is 19.2 Å². The van der Waals surface area contributed by atoms with Crippen molar-refractivity contribution in [3.05, 3.63) is 53.5 Å². The molecule has 3 rings (SSSR count). The number of carbonyl (C=O) groups is 1. The van der Waals surface area contributed by atoms with Crippen LogP contribution in [0.5, 0.6) is 5.75 Å². The molecule has 1 unspecified atom stereocenters. The van der Waals surface area contributed by atoms with Crippen LogP contribution in [0.15, 0.2) is 36.5 Å². The molecule has 0 spiro atoms. The lowest BCUT2D eigenvalue weighted by Crippen LogP contribution is -2.26. The smallest absolute Gasteiger partial charge is 0.416 e. The normalized spacial score (nSPS) is 17.4. The van der Waals surface area contributed by atoms with Crippen LogP contribution < -0.4 is 9.64 Å². The van der Waals surface area contributed by atoms with Crippen LogP contribution >= 0.6 is 0 Å². The zero-order valence-electron chi connectivity index (χ0n) is 13.3. The molecule has 0 aliphatic carbocycles. The monoisotopic (exact) mass is 370 g/mol. The number of hydrogen-bond acceptors (Lipinski definition) is 4. The van der Waals surface area contributed by atoms with Crippen molar-refractivity contribution in [1.29, 1.82) is 0 Å². The van der Waals surface area contributed by atoms with Crippen molar-refractivity contribution >= 4 is 11.8 Å². The van der Waals surface area contributed by atoms with Gasteiger partial charge in [-0.1, -0.05) is 0 Å². The second-order valence-electron chi connectivity index (χ2n) is 5.83. The summed E-state index contributed by atoms with van der Waals surface area (Å²) >= 11 is 0. The van der Waals surface area contributed by atoms with E-state index in [9.17, 15) is 22.4 Å². The summed E-state index contributed by atoms with van der Waals surface area (Å²) in [5.74, 6) is -1.71. The Bertz CT molecular complexity index is 809. The summed E-state index contributed by atoms with van der Waals surface area (Å²) in [5.41, 5.74) is -1.01. The van der Waals surface area contributed by atoms with Crippen molar-refractivity contribution in [1.82, 2.24) is 4.98 Å². The molecule has 0 amide bonds. The lowest BCUT2D eigenvalue weighted by molar-refractivity contribution is -0.137. The predicted octanol–water partition coefficient (Wildman–Crippen LogP) is 3.60. The van der Waals surface area contributed by atoms with Crippen LogP contribution in [0, 0.1) is 5.82 Å². The van der Waals surface area contributed by atoms with Gasteiger partial charge in [-0.05, 0) is 30.3 Å². The number of hydrogen-bond donors (Lipinski definition) is 1. The third-order valence-electron chi connectivity index (χ3n) is 4.00. The van der Waals surface area contributed by atoms with E-state index in [0.717, 1.165) is 24.4 Å². The number of aromatic carboxylic acids is 1. The minimum absolute atomic E-state index is 0.0218. The van der Waals surface area contributed by atoms with Crippen LogP contribution in [0.3, 0.4) is 0 Å². The molecule has 1 aromatic carbocycles. The second-order valence-corrected chi connectivity index (χ2v) is 5.83. The van der Waals surface area contributed by atoms with Gasteiger partial charge >= 0.3 is 12.1 Å². The number of halogens is 4. The molecule has 1 N–H and O–H groups in total. The van der Waals surface area contributed by atoms with Gasteiger partial charge in [-0.3, -0.25) is 0 Å². The SMILES string of the molecule is O=C(O)c1cnc(N2CCC(Oc3ccc(C(F)(F)F)cc3)C2)c(F)c1. The minimum atomic E-state index is -4.41. The van der Waals surface area contributed by atoms with Crippen molar-refractivity contribution in [3.63, 3.8) is 0 Å². The molecule has 1 atom stereocenters. The van der Waals surface area contributed by atoms with Crippen molar-refractivity contribution in [2.24, 2.45) is 0 Å². The number of carboxylic acids is 1. The van der Waals surface area contributed by atoms with E-state index in [-0.39, 0.29) is 24.0 Å². The quantitative estimate of drug-likeness (QED) is 0.834. The fourth-order valence-electron chi connectivity index (χ4n) is 2.71. The highest BCUT2D eigenvalue weighted by Crippen LogP contribution is 2.31. The van der Waals surface area contributed by atoms with Crippen LogP contribution in [0.1, 0.15) is 22.3 Å². The Morgan fingerprint density at radius 3 is 2.54 bits per heavy atom. The van der Waals surface area contributed by atoms with E-state index < -0.39 is 23.5 Å². The van der Waals surface area contributed by atoms with Crippen molar-refractivity contribution in [2.45, 2.75) is 18.7 Å². The van der Waals surface area contributed by atoms with E-state index >= 15 is 0 Å². The van der Waals surface area contributed by atoms with E-state index in [1.165, 1.54) is 12.1 Å². The van der Waals surface area contributed by atoms with Crippen LogP contribution in [0.2, 0.25) is 0 Å². The van der Waals surface area contributed by atoms with Gasteiger partial charge in [0.15, 0.2) is 11.6 Å². The number of aromatic nitrogens is 1. The van der Waals surface area contributed by atoms with Crippen molar-refractivity contribution < 1.29 is 32.2 Å². The number of alkyl halides is 3. The Morgan fingerprint density at radius 1 is 1.27 bits per heavy atom. The fourth-order valence-corrected chi connectivity index (χ4v) is 2.71. The molecule has 0 bridgehead atoms. The number of carboxylic acid groups (broad SMARTS) is 1. The summed E-state index contributed by atoms with van der Waals surface area (Å²) in [6.07, 6.45) is -3.14. The lowest BCUT2D eigenvalue weighted by Gasteiger charge is -2.19. The number of ether oxygens (including phenoxy) is 1. The van der Waals surface area contributed by atoms with E-state index in [2.05, 4.69) is 4.98 Å². The minimum Gasteiger partial charge on any atom is -0.489 e. The molecule has 9 heteroatoms. The van der Waals surface area contributed by atoms with E-state index in [1.807, 2.05) is 0 Å². The van der Waals surface area contributed by atoms with Gasteiger partial charge in [0.25, 0.3) is 0 Å². The number of benzene rings is 1. The third kappa shape index (κ3) is 3.87. The first-order valence-corrected chi connectivity index (χ1v) is 7.72. The zero-order chi connectivity index (χ0) is 18.9. The second kappa shape index (κ2) is 6.81. The molecule has 1 aliphatic rings. The topological polar surface area (TPSA) is 62.7 Å². The summed E-state index contributed by atoms with van der Waals surface area (Å²) in [4.78, 5) is 16.3. The van der Waals surface area contributed by atoms with E-state index in [0.29, 0.717) is 18.7 Å². The van der Waals surface area contributed by atoms with Gasteiger partial charge in [0.2, 0.25) is 0 Å². The van der Waals surface area contributed by atoms with E-state index in [4.69, 9.17) is 9.84 Å². The highest BCUT2D eigenvalue weighted by atomic mass is 19.4. The largest absolute Gasteiger partial charge is 0.489 e. The van der Waals surface area contributed by atoms with Gasteiger partial charge in [0.1, 0.15) is 11.9 Å². The lowest BCUT2D eigenvalue weighted by atomic mass is 10.2. The van der Waals surface area contributed by atoms with Crippen LogP contribution in [0.4, 0.5) is 23.4 Å². The average Bonchev–Trinajstić information content (AvgIpc) is 3.02. The molecule has 2 heterocycles. The molecule has 1 fully saturated rings. The summed E-state index contributed by atoms with van der Waals surface area (Å²) in [7, 11) is 0. The summed E-state index contributed by atoms with van der Waals surface area (Å²) in [5, 5.41) is 8.83.